The van der Waals surface area contributed by atoms with E-state index in [1.165, 1.54) is 63.4 Å². The Morgan fingerprint density at radius 3 is 1.50 bits per heavy atom. The summed E-state index contributed by atoms with van der Waals surface area (Å²) in [5.74, 6) is 1.94. The van der Waals surface area contributed by atoms with E-state index >= 15 is 0 Å². The van der Waals surface area contributed by atoms with Crippen LogP contribution < -0.4 is 0 Å². The number of benzene rings is 7. The number of rotatable bonds is 5. The normalized spacial score (nSPS) is 14.1. The first-order chi connectivity index (χ1) is 26.7. The molecule has 2 aliphatic rings. The summed E-state index contributed by atoms with van der Waals surface area (Å²) in [6.45, 7) is 0. The zero-order chi connectivity index (χ0) is 36.1. The highest BCUT2D eigenvalue weighted by Crippen LogP contribution is 2.56. The molecule has 1 spiro atoms. The highest BCUT2D eigenvalue weighted by molar-refractivity contribution is 6.05. The van der Waals surface area contributed by atoms with Gasteiger partial charge in [-0.25, -0.2) is 15.0 Å². The van der Waals surface area contributed by atoms with Crippen LogP contribution in [0.4, 0.5) is 0 Å². The van der Waals surface area contributed by atoms with Crippen LogP contribution in [0.2, 0.25) is 0 Å². The lowest BCUT2D eigenvalue weighted by Gasteiger charge is -2.36. The van der Waals surface area contributed by atoms with Crippen LogP contribution in [0.1, 0.15) is 48.8 Å². The molecule has 0 radical (unpaired) electrons. The molecule has 1 heterocycles. The van der Waals surface area contributed by atoms with Gasteiger partial charge in [0.1, 0.15) is 0 Å². The Hall–Kier alpha value is -6.70. The molecule has 0 atom stereocenters. The van der Waals surface area contributed by atoms with Gasteiger partial charge in [0, 0.05) is 22.1 Å². The Morgan fingerprint density at radius 1 is 0.407 bits per heavy atom. The summed E-state index contributed by atoms with van der Waals surface area (Å²) in [4.78, 5) is 14.9. The van der Waals surface area contributed by atoms with E-state index in [2.05, 4.69) is 97.1 Å². The Balaban J connectivity index is 1.08. The van der Waals surface area contributed by atoms with Crippen LogP contribution in [0.25, 0.3) is 78.3 Å². The summed E-state index contributed by atoms with van der Waals surface area (Å²) >= 11 is 0. The molecular weight excluding hydrogens is 657 g/mol. The molecule has 0 unspecified atom stereocenters. The maximum atomic E-state index is 9.79. The van der Waals surface area contributed by atoms with Crippen molar-refractivity contribution >= 4 is 10.8 Å². The topological polar surface area (TPSA) is 62.5 Å². The van der Waals surface area contributed by atoms with Crippen molar-refractivity contribution in [2.24, 2.45) is 0 Å². The number of hydrogen-bond donors (Lipinski definition) is 0. The second-order valence-electron chi connectivity index (χ2n) is 14.6. The average Bonchev–Trinajstić information content (AvgIpc) is 3.51. The van der Waals surface area contributed by atoms with Crippen molar-refractivity contribution in [3.05, 3.63) is 174 Å². The molecule has 0 N–H and O–H groups in total. The van der Waals surface area contributed by atoms with Gasteiger partial charge in [-0.2, -0.15) is 5.26 Å². The van der Waals surface area contributed by atoms with E-state index < -0.39 is 0 Å². The molecule has 8 aromatic rings. The van der Waals surface area contributed by atoms with Crippen LogP contribution in [-0.2, 0) is 5.41 Å². The van der Waals surface area contributed by atoms with E-state index in [9.17, 15) is 5.26 Å². The highest BCUT2D eigenvalue weighted by atomic mass is 15.0. The lowest BCUT2D eigenvalue weighted by Crippen LogP contribution is -2.28. The fourth-order valence-electron chi connectivity index (χ4n) is 8.99. The smallest absolute Gasteiger partial charge is 0.164 e. The predicted octanol–water partition coefficient (Wildman–Crippen LogP) is 12.5. The van der Waals surface area contributed by atoms with E-state index in [0.29, 0.717) is 17.5 Å². The van der Waals surface area contributed by atoms with Crippen molar-refractivity contribution in [3.63, 3.8) is 0 Å². The zero-order valence-electron chi connectivity index (χ0n) is 29.8. The first-order valence-electron chi connectivity index (χ1n) is 18.9. The van der Waals surface area contributed by atoms with E-state index in [4.69, 9.17) is 15.0 Å². The molecule has 0 bridgehead atoms. The van der Waals surface area contributed by atoms with Gasteiger partial charge >= 0.3 is 0 Å². The Morgan fingerprint density at radius 2 is 0.889 bits per heavy atom. The maximum Gasteiger partial charge on any atom is 0.164 e. The molecule has 0 amide bonds. The molecule has 4 heteroatoms. The zero-order valence-corrected chi connectivity index (χ0v) is 29.8. The summed E-state index contributed by atoms with van der Waals surface area (Å²) in [5, 5.41) is 12.2. The monoisotopic (exact) mass is 692 g/mol. The number of nitriles is 1. The van der Waals surface area contributed by atoms with E-state index in [1.54, 1.807) is 0 Å². The molecule has 4 nitrogen and oxygen atoms in total. The largest absolute Gasteiger partial charge is 0.208 e. The van der Waals surface area contributed by atoms with Crippen molar-refractivity contribution in [2.45, 2.75) is 37.5 Å². The van der Waals surface area contributed by atoms with Crippen molar-refractivity contribution in [1.29, 1.82) is 5.26 Å². The SMILES string of the molecule is N#Cc1ccc2c(c1)C1(CCCCC1)c1cc(-c3ccc(-c4cccc(-c5nc(-c6ccccc6)nc(-c6ccccc6)n5)c4)c4ccccc34)ccc1-2. The molecule has 7 aromatic carbocycles. The third-order valence-electron chi connectivity index (χ3n) is 11.6. The van der Waals surface area contributed by atoms with Gasteiger partial charge in [0.25, 0.3) is 0 Å². The number of fused-ring (bicyclic) bond motifs is 6. The fourth-order valence-corrected chi connectivity index (χ4v) is 8.99. The minimum Gasteiger partial charge on any atom is -0.208 e. The minimum atomic E-state index is -0.0300. The third-order valence-corrected chi connectivity index (χ3v) is 11.6. The molecule has 1 aromatic heterocycles. The summed E-state index contributed by atoms with van der Waals surface area (Å²) in [6, 6.07) is 57.9. The Kier molecular flexibility index (Phi) is 7.74. The van der Waals surface area contributed by atoms with Gasteiger partial charge in [-0.1, -0.05) is 153 Å². The van der Waals surface area contributed by atoms with E-state index in [1.807, 2.05) is 66.7 Å². The van der Waals surface area contributed by atoms with Gasteiger partial charge < -0.3 is 0 Å². The fraction of sp³-hybridized carbons (Fsp3) is 0.120. The quantitative estimate of drug-likeness (QED) is 0.180. The first-order valence-corrected chi connectivity index (χ1v) is 18.9. The second kappa shape index (κ2) is 13.1. The van der Waals surface area contributed by atoms with Crippen LogP contribution in [0.5, 0.6) is 0 Å². The highest BCUT2D eigenvalue weighted by Gasteiger charge is 2.44. The van der Waals surface area contributed by atoms with Gasteiger partial charge in [-0.15, -0.1) is 0 Å². The second-order valence-corrected chi connectivity index (χ2v) is 14.6. The van der Waals surface area contributed by atoms with Crippen molar-refractivity contribution in [1.82, 2.24) is 15.0 Å². The maximum absolute atomic E-state index is 9.79. The van der Waals surface area contributed by atoms with Crippen LogP contribution in [-0.4, -0.2) is 15.0 Å². The summed E-state index contributed by atoms with van der Waals surface area (Å²) < 4.78 is 0. The lowest BCUT2D eigenvalue weighted by atomic mass is 9.67. The molecular formula is C50H36N4. The van der Waals surface area contributed by atoms with Gasteiger partial charge in [0.05, 0.1) is 11.6 Å². The molecule has 10 rings (SSSR count). The van der Waals surface area contributed by atoms with E-state index in [-0.39, 0.29) is 5.41 Å². The summed E-state index contributed by atoms with van der Waals surface area (Å²) in [6.07, 6.45) is 5.95. The predicted molar refractivity (Wildman–Crippen MR) is 219 cm³/mol. The van der Waals surface area contributed by atoms with Crippen LogP contribution in [0, 0.1) is 11.3 Å². The third kappa shape index (κ3) is 5.32. The molecule has 1 saturated carbocycles. The van der Waals surface area contributed by atoms with Gasteiger partial charge in [-0.3, -0.25) is 0 Å². The van der Waals surface area contributed by atoms with Gasteiger partial charge in [-0.05, 0) is 92.4 Å². The summed E-state index contributed by atoms with van der Waals surface area (Å²) in [7, 11) is 0. The number of aromatic nitrogens is 3. The minimum absolute atomic E-state index is 0.0300. The first kappa shape index (κ1) is 32.0. The molecule has 54 heavy (non-hydrogen) atoms. The van der Waals surface area contributed by atoms with Crippen molar-refractivity contribution in [3.8, 4) is 73.6 Å². The van der Waals surface area contributed by atoms with E-state index in [0.717, 1.165) is 46.2 Å². The van der Waals surface area contributed by atoms with Crippen molar-refractivity contribution < 1.29 is 0 Å². The van der Waals surface area contributed by atoms with Crippen molar-refractivity contribution in [2.75, 3.05) is 0 Å². The Labute approximate surface area is 315 Å². The molecule has 0 saturated heterocycles. The van der Waals surface area contributed by atoms with Gasteiger partial charge in [0.2, 0.25) is 0 Å². The van der Waals surface area contributed by atoms with Crippen LogP contribution in [0.15, 0.2) is 158 Å². The van der Waals surface area contributed by atoms with Crippen LogP contribution in [0.3, 0.4) is 0 Å². The Bertz CT molecular complexity index is 2700. The molecule has 2 aliphatic carbocycles. The summed E-state index contributed by atoms with van der Waals surface area (Å²) in [5.41, 5.74) is 13.7. The standard InChI is InChI=1S/C50H36N4/c51-32-33-21-23-43-44-24-22-37(31-46(44)50(45(43)29-33)27-10-3-11-28-50)40-26-25-39(41-19-8-9-20-42(40)41)36-17-12-18-38(30-36)49-53-47(34-13-4-1-5-14-34)52-48(54-49)35-15-6-2-7-16-35/h1-2,4-9,12-26,29-31H,3,10-11,27-28H2. The van der Waals surface area contributed by atoms with Crippen LogP contribution >= 0.6 is 0 Å². The molecule has 0 aliphatic heterocycles. The molecule has 256 valence electrons. The average molecular weight is 693 g/mol. The van der Waals surface area contributed by atoms with Gasteiger partial charge in [0.15, 0.2) is 17.5 Å². The number of nitrogens with zero attached hydrogens (tertiary/aromatic N) is 4. The lowest BCUT2D eigenvalue weighted by molar-refractivity contribution is 0.353. The number of hydrogen-bond acceptors (Lipinski definition) is 4. The molecule has 1 fully saturated rings.